The molecule has 0 aromatic heterocycles. The van der Waals surface area contributed by atoms with E-state index in [1.54, 1.807) is 0 Å². The Morgan fingerprint density at radius 1 is 1.29 bits per heavy atom. The molecule has 1 aromatic rings. The first-order valence-electron chi connectivity index (χ1n) is 4.69. The van der Waals surface area contributed by atoms with Crippen LogP contribution in [0.4, 0.5) is 11.4 Å². The molecule has 1 fully saturated rings. The number of hydrogen-bond acceptors (Lipinski definition) is 4. The number of morpholine rings is 1. The summed E-state index contributed by atoms with van der Waals surface area (Å²) in [6, 6.07) is 5.91. The first-order chi connectivity index (χ1) is 6.79. The van der Waals surface area contributed by atoms with Gasteiger partial charge in [-0.2, -0.15) is 0 Å². The Balaban J connectivity index is 2.26. The van der Waals surface area contributed by atoms with E-state index < -0.39 is 0 Å². The summed E-state index contributed by atoms with van der Waals surface area (Å²) >= 11 is 4.30. The van der Waals surface area contributed by atoms with Crippen LogP contribution in [0.5, 0.6) is 0 Å². The van der Waals surface area contributed by atoms with E-state index in [0.29, 0.717) is 0 Å². The molecule has 2 rings (SSSR count). The number of rotatable bonds is 1. The number of benzene rings is 1. The Morgan fingerprint density at radius 3 is 2.71 bits per heavy atom. The molecule has 76 valence electrons. The maximum Gasteiger partial charge on any atom is 0.0687 e. The van der Waals surface area contributed by atoms with Gasteiger partial charge in [0, 0.05) is 18.0 Å². The second-order valence-corrected chi connectivity index (χ2v) is 3.79. The Kier molecular flexibility index (Phi) is 2.84. The number of para-hydroxylation sites is 1. The van der Waals surface area contributed by atoms with Crippen molar-refractivity contribution < 1.29 is 4.74 Å². The van der Waals surface area contributed by atoms with Gasteiger partial charge in [-0.3, -0.25) is 0 Å². The SMILES string of the molecule is Nc1c(S)cccc1N1CCOCC1. The van der Waals surface area contributed by atoms with Crippen LogP contribution in [-0.4, -0.2) is 26.3 Å². The molecule has 0 radical (unpaired) electrons. The number of nitrogens with two attached hydrogens (primary N) is 1. The summed E-state index contributed by atoms with van der Waals surface area (Å²) < 4.78 is 5.29. The minimum atomic E-state index is 0.762. The van der Waals surface area contributed by atoms with Gasteiger partial charge in [0.05, 0.1) is 24.6 Å². The molecule has 0 aliphatic carbocycles. The largest absolute Gasteiger partial charge is 0.396 e. The fourth-order valence-corrected chi connectivity index (χ4v) is 1.82. The predicted octanol–water partition coefficient (Wildman–Crippen LogP) is 1.39. The molecule has 1 saturated heterocycles. The quantitative estimate of drug-likeness (QED) is 0.543. The number of nitrogens with zero attached hydrogens (tertiary/aromatic N) is 1. The van der Waals surface area contributed by atoms with Gasteiger partial charge in [-0.1, -0.05) is 6.07 Å². The first-order valence-corrected chi connectivity index (χ1v) is 5.14. The van der Waals surface area contributed by atoms with Crippen LogP contribution in [0.25, 0.3) is 0 Å². The normalized spacial score (nSPS) is 17.1. The highest BCUT2D eigenvalue weighted by Gasteiger charge is 2.14. The van der Waals surface area contributed by atoms with Crippen LogP contribution < -0.4 is 10.6 Å². The van der Waals surface area contributed by atoms with Crippen LogP contribution in [0.2, 0.25) is 0 Å². The van der Waals surface area contributed by atoms with E-state index in [1.807, 2.05) is 18.2 Å². The van der Waals surface area contributed by atoms with Crippen LogP contribution >= 0.6 is 12.6 Å². The van der Waals surface area contributed by atoms with Gasteiger partial charge in [0.2, 0.25) is 0 Å². The Labute approximate surface area is 89.3 Å². The van der Waals surface area contributed by atoms with Crippen molar-refractivity contribution in [1.82, 2.24) is 0 Å². The molecule has 4 heteroatoms. The maximum absolute atomic E-state index is 5.95. The number of nitrogen functional groups attached to an aromatic ring is 1. The molecule has 0 bridgehead atoms. The monoisotopic (exact) mass is 210 g/mol. The summed E-state index contributed by atoms with van der Waals surface area (Å²) in [5.41, 5.74) is 7.79. The fourth-order valence-electron chi connectivity index (χ4n) is 1.62. The zero-order valence-corrected chi connectivity index (χ0v) is 8.83. The summed E-state index contributed by atoms with van der Waals surface area (Å²) in [7, 11) is 0. The fraction of sp³-hybridized carbons (Fsp3) is 0.400. The van der Waals surface area contributed by atoms with Gasteiger partial charge in [-0.25, -0.2) is 0 Å². The molecular formula is C10H14N2OS. The summed E-state index contributed by atoms with van der Waals surface area (Å²) in [5, 5.41) is 0. The minimum Gasteiger partial charge on any atom is -0.396 e. The van der Waals surface area contributed by atoms with Gasteiger partial charge in [0.15, 0.2) is 0 Å². The van der Waals surface area contributed by atoms with Crippen molar-refractivity contribution in [2.24, 2.45) is 0 Å². The third-order valence-corrected chi connectivity index (χ3v) is 2.80. The average Bonchev–Trinajstić information content (AvgIpc) is 2.23. The highest BCUT2D eigenvalue weighted by Crippen LogP contribution is 2.29. The lowest BCUT2D eigenvalue weighted by atomic mass is 10.2. The molecule has 0 saturated carbocycles. The topological polar surface area (TPSA) is 38.5 Å². The highest BCUT2D eigenvalue weighted by molar-refractivity contribution is 7.80. The number of hydrogen-bond donors (Lipinski definition) is 2. The molecular weight excluding hydrogens is 196 g/mol. The van der Waals surface area contributed by atoms with Crippen molar-refractivity contribution in [2.75, 3.05) is 36.9 Å². The molecule has 2 N–H and O–H groups in total. The van der Waals surface area contributed by atoms with Crippen LogP contribution in [0.1, 0.15) is 0 Å². The van der Waals surface area contributed by atoms with E-state index in [-0.39, 0.29) is 0 Å². The molecule has 1 aromatic carbocycles. The summed E-state index contributed by atoms with van der Waals surface area (Å²) in [4.78, 5) is 3.08. The van der Waals surface area contributed by atoms with Gasteiger partial charge < -0.3 is 15.4 Å². The van der Waals surface area contributed by atoms with E-state index >= 15 is 0 Å². The second kappa shape index (κ2) is 4.11. The molecule has 0 amide bonds. The molecule has 0 unspecified atom stereocenters. The van der Waals surface area contributed by atoms with Crippen LogP contribution in [0, 0.1) is 0 Å². The van der Waals surface area contributed by atoms with Crippen molar-refractivity contribution in [2.45, 2.75) is 4.90 Å². The Hall–Kier alpha value is -0.870. The van der Waals surface area contributed by atoms with Gasteiger partial charge >= 0.3 is 0 Å². The highest BCUT2D eigenvalue weighted by atomic mass is 32.1. The van der Waals surface area contributed by atoms with Crippen molar-refractivity contribution in [3.05, 3.63) is 18.2 Å². The van der Waals surface area contributed by atoms with Gasteiger partial charge in [-0.15, -0.1) is 12.6 Å². The minimum absolute atomic E-state index is 0.762. The van der Waals surface area contributed by atoms with E-state index in [9.17, 15) is 0 Å². The molecule has 0 atom stereocenters. The third-order valence-electron chi connectivity index (χ3n) is 2.41. The summed E-state index contributed by atoms with van der Waals surface area (Å²) in [6.45, 7) is 3.36. The Morgan fingerprint density at radius 2 is 2.00 bits per heavy atom. The van der Waals surface area contributed by atoms with Crippen molar-refractivity contribution in [3.63, 3.8) is 0 Å². The predicted molar refractivity (Wildman–Crippen MR) is 61.1 cm³/mol. The zero-order chi connectivity index (χ0) is 9.97. The van der Waals surface area contributed by atoms with Gasteiger partial charge in [-0.05, 0) is 12.1 Å². The molecule has 1 heterocycles. The van der Waals surface area contributed by atoms with E-state index in [1.165, 1.54) is 0 Å². The van der Waals surface area contributed by atoms with Crippen LogP contribution in [0.15, 0.2) is 23.1 Å². The molecule has 1 aliphatic heterocycles. The Bertz CT molecular complexity index is 324. The first kappa shape index (κ1) is 9.68. The van der Waals surface area contributed by atoms with Gasteiger partial charge in [0.1, 0.15) is 0 Å². The van der Waals surface area contributed by atoms with Crippen LogP contribution in [-0.2, 0) is 4.74 Å². The summed E-state index contributed by atoms with van der Waals surface area (Å²) in [6.07, 6.45) is 0. The zero-order valence-electron chi connectivity index (χ0n) is 7.94. The standard InChI is InChI=1S/C10H14N2OS/c11-10-8(2-1-3-9(10)14)12-4-6-13-7-5-12/h1-3,14H,4-7,11H2. The average molecular weight is 210 g/mol. The van der Waals surface area contributed by atoms with Crippen molar-refractivity contribution in [3.8, 4) is 0 Å². The number of anilines is 2. The maximum atomic E-state index is 5.95. The lowest BCUT2D eigenvalue weighted by Gasteiger charge is -2.30. The molecule has 0 spiro atoms. The molecule has 1 aliphatic rings. The van der Waals surface area contributed by atoms with Crippen LogP contribution in [0.3, 0.4) is 0 Å². The molecule has 14 heavy (non-hydrogen) atoms. The molecule has 3 nitrogen and oxygen atoms in total. The van der Waals surface area contributed by atoms with Crippen molar-refractivity contribution in [1.29, 1.82) is 0 Å². The lowest BCUT2D eigenvalue weighted by Crippen LogP contribution is -2.36. The smallest absolute Gasteiger partial charge is 0.0687 e. The summed E-state index contributed by atoms with van der Waals surface area (Å²) in [5.74, 6) is 0. The van der Waals surface area contributed by atoms with E-state index in [0.717, 1.165) is 42.6 Å². The number of thiol groups is 1. The van der Waals surface area contributed by atoms with E-state index in [4.69, 9.17) is 10.5 Å². The lowest BCUT2D eigenvalue weighted by molar-refractivity contribution is 0.123. The third kappa shape index (κ3) is 1.81. The van der Waals surface area contributed by atoms with Crippen molar-refractivity contribution >= 4 is 24.0 Å². The van der Waals surface area contributed by atoms with E-state index in [2.05, 4.69) is 17.5 Å². The second-order valence-electron chi connectivity index (χ2n) is 3.31. The van der Waals surface area contributed by atoms with Gasteiger partial charge in [0.25, 0.3) is 0 Å². The number of ether oxygens (including phenoxy) is 1.